The largest absolute Gasteiger partial charge is 0.573 e. The Morgan fingerprint density at radius 1 is 1.06 bits per heavy atom. The monoisotopic (exact) mass is 503 g/mol. The average molecular weight is 503 g/mol. The van der Waals surface area contributed by atoms with E-state index < -0.39 is 24.0 Å². The van der Waals surface area contributed by atoms with E-state index >= 15 is 0 Å². The summed E-state index contributed by atoms with van der Waals surface area (Å²) >= 11 is 0. The lowest BCUT2D eigenvalue weighted by molar-refractivity contribution is -0.274. The van der Waals surface area contributed by atoms with Crippen LogP contribution in [-0.4, -0.2) is 24.0 Å². The molecule has 0 radical (unpaired) electrons. The van der Waals surface area contributed by atoms with Crippen molar-refractivity contribution in [2.24, 2.45) is 0 Å². The molecule has 1 heterocycles. The zero-order chi connectivity index (χ0) is 26.1. The Hall–Kier alpha value is -3.95. The Bertz CT molecular complexity index is 1260. The fourth-order valence-electron chi connectivity index (χ4n) is 4.64. The van der Waals surface area contributed by atoms with Gasteiger partial charge in [0.25, 0.3) is 0 Å². The van der Waals surface area contributed by atoms with E-state index in [4.69, 9.17) is 0 Å². The van der Waals surface area contributed by atoms with Gasteiger partial charge < -0.3 is 25.4 Å². The van der Waals surface area contributed by atoms with E-state index in [0.29, 0.717) is 29.2 Å². The predicted molar refractivity (Wildman–Crippen MR) is 130 cm³/mol. The maximum Gasteiger partial charge on any atom is 0.573 e. The van der Waals surface area contributed by atoms with Crippen molar-refractivity contribution < 1.29 is 32.2 Å². The zero-order valence-corrected chi connectivity index (χ0v) is 19.6. The molecule has 0 spiro atoms. The number of urea groups is 1. The summed E-state index contributed by atoms with van der Waals surface area (Å²) < 4.78 is 55.1. The molecular weight excluding hydrogens is 478 g/mol. The molecule has 0 fully saturated rings. The Labute approximate surface area is 205 Å². The van der Waals surface area contributed by atoms with Crippen LogP contribution in [0.3, 0.4) is 0 Å². The van der Waals surface area contributed by atoms with Crippen LogP contribution >= 0.6 is 0 Å². The first kappa shape index (κ1) is 25.2. The van der Waals surface area contributed by atoms with Gasteiger partial charge in [-0.2, -0.15) is 0 Å². The van der Waals surface area contributed by atoms with E-state index in [9.17, 15) is 27.5 Å². The first-order valence-corrected chi connectivity index (χ1v) is 11.4. The second kappa shape index (κ2) is 9.60. The minimum Gasteiger partial charge on any atom is -0.506 e. The van der Waals surface area contributed by atoms with E-state index in [1.807, 2.05) is 18.7 Å². The summed E-state index contributed by atoms with van der Waals surface area (Å²) in [7, 11) is 0. The van der Waals surface area contributed by atoms with Crippen molar-refractivity contribution in [3.63, 3.8) is 0 Å². The van der Waals surface area contributed by atoms with Gasteiger partial charge in [-0.15, -0.1) is 13.2 Å². The second-order valence-electron chi connectivity index (χ2n) is 8.56. The van der Waals surface area contributed by atoms with E-state index in [1.165, 1.54) is 18.2 Å². The maximum absolute atomic E-state index is 14.2. The number of fused-ring (bicyclic) bond motifs is 1. The first-order valence-electron chi connectivity index (χ1n) is 11.4. The molecule has 6 nitrogen and oxygen atoms in total. The first-order chi connectivity index (χ1) is 17.0. The highest BCUT2D eigenvalue weighted by molar-refractivity contribution is 6.02. The highest BCUT2D eigenvalue weighted by Crippen LogP contribution is 2.53. The summed E-state index contributed by atoms with van der Waals surface area (Å²) in [5.41, 5.74) is 2.12. The molecule has 3 aromatic rings. The number of hydrogen-bond donors (Lipinski definition) is 3. The van der Waals surface area contributed by atoms with Crippen LogP contribution in [0.4, 0.5) is 45.1 Å². The minimum absolute atomic E-state index is 0.186. The van der Waals surface area contributed by atoms with Crippen molar-refractivity contribution >= 4 is 28.8 Å². The lowest BCUT2D eigenvalue weighted by atomic mass is 9.77. The molecule has 10 heteroatoms. The number of aromatic hydroxyl groups is 1. The SMILES string of the molecule is CCC1(CC)CN(c2ccccc2NC(=O)Nc2ccc(OC(F)(F)F)cc2)c2c(O)cc(F)cc21. The van der Waals surface area contributed by atoms with Crippen molar-refractivity contribution in [3.8, 4) is 11.5 Å². The van der Waals surface area contributed by atoms with E-state index in [-0.39, 0.29) is 16.9 Å². The highest BCUT2D eigenvalue weighted by atomic mass is 19.4. The van der Waals surface area contributed by atoms with Crippen LogP contribution in [0.25, 0.3) is 0 Å². The molecule has 0 aliphatic carbocycles. The summed E-state index contributed by atoms with van der Waals surface area (Å²) in [5, 5.41) is 16.0. The predicted octanol–water partition coefficient (Wildman–Crippen LogP) is 7.28. The molecule has 4 rings (SSSR count). The summed E-state index contributed by atoms with van der Waals surface area (Å²) in [4.78, 5) is 14.6. The Morgan fingerprint density at radius 3 is 2.36 bits per heavy atom. The molecule has 36 heavy (non-hydrogen) atoms. The van der Waals surface area contributed by atoms with Crippen LogP contribution in [0, 0.1) is 5.82 Å². The van der Waals surface area contributed by atoms with E-state index in [1.54, 1.807) is 24.3 Å². The third kappa shape index (κ3) is 5.02. The van der Waals surface area contributed by atoms with Crippen LogP contribution < -0.4 is 20.3 Å². The Kier molecular flexibility index (Phi) is 6.71. The quantitative estimate of drug-likeness (QED) is 0.309. The number of carbonyl (C=O) groups is 1. The number of para-hydroxylation sites is 2. The lowest BCUT2D eigenvalue weighted by Gasteiger charge is -2.29. The number of hydrogen-bond acceptors (Lipinski definition) is 4. The molecule has 1 aliphatic rings. The van der Waals surface area contributed by atoms with Gasteiger partial charge in [0.15, 0.2) is 0 Å². The molecule has 3 N–H and O–H groups in total. The number of halogens is 4. The van der Waals surface area contributed by atoms with Gasteiger partial charge in [0.05, 0.1) is 17.1 Å². The van der Waals surface area contributed by atoms with Crippen molar-refractivity contribution in [1.29, 1.82) is 0 Å². The molecule has 0 bridgehead atoms. The molecule has 0 saturated carbocycles. The van der Waals surface area contributed by atoms with Crippen molar-refractivity contribution in [2.45, 2.75) is 38.5 Å². The maximum atomic E-state index is 14.2. The number of benzene rings is 3. The van der Waals surface area contributed by atoms with Gasteiger partial charge >= 0.3 is 12.4 Å². The van der Waals surface area contributed by atoms with Gasteiger partial charge in [0, 0.05) is 23.7 Å². The van der Waals surface area contributed by atoms with Crippen molar-refractivity contribution in [3.05, 3.63) is 72.0 Å². The number of phenols is 1. The molecular formula is C26H25F4N3O3. The standard InChI is InChI=1S/C26H25F4N3O3/c1-3-25(4-2)15-33(23-19(25)13-16(27)14-22(23)34)21-8-6-5-7-20(21)32-24(35)31-17-9-11-18(12-10-17)36-26(28,29)30/h5-14,34H,3-4,15H2,1-2H3,(H2,31,32,35). The Morgan fingerprint density at radius 2 is 1.72 bits per heavy atom. The third-order valence-electron chi connectivity index (χ3n) is 6.50. The Balaban J connectivity index is 1.59. The van der Waals surface area contributed by atoms with Crippen LogP contribution in [0.15, 0.2) is 60.7 Å². The van der Waals surface area contributed by atoms with Crippen molar-refractivity contribution in [2.75, 3.05) is 22.1 Å². The van der Waals surface area contributed by atoms with Gasteiger partial charge in [0.1, 0.15) is 17.3 Å². The average Bonchev–Trinajstić information content (AvgIpc) is 3.14. The summed E-state index contributed by atoms with van der Waals surface area (Å²) in [6, 6.07) is 13.7. The number of carbonyl (C=O) groups excluding carboxylic acids is 1. The molecule has 0 aromatic heterocycles. The van der Waals surface area contributed by atoms with E-state index in [0.717, 1.165) is 31.0 Å². The molecule has 0 atom stereocenters. The number of alkyl halides is 3. The number of nitrogens with zero attached hydrogens (tertiary/aromatic N) is 1. The van der Waals surface area contributed by atoms with Crippen LogP contribution in [-0.2, 0) is 5.41 Å². The summed E-state index contributed by atoms with van der Waals surface area (Å²) in [6.07, 6.45) is -3.36. The zero-order valence-electron chi connectivity index (χ0n) is 19.6. The minimum atomic E-state index is -4.81. The molecule has 1 aliphatic heterocycles. The third-order valence-corrected chi connectivity index (χ3v) is 6.50. The topological polar surface area (TPSA) is 73.8 Å². The normalized spacial score (nSPS) is 14.3. The number of amides is 2. The molecule has 0 unspecified atom stereocenters. The van der Waals surface area contributed by atoms with Crippen molar-refractivity contribution in [1.82, 2.24) is 0 Å². The van der Waals surface area contributed by atoms with Gasteiger partial charge in [-0.05, 0) is 60.9 Å². The van der Waals surface area contributed by atoms with Gasteiger partial charge in [-0.3, -0.25) is 0 Å². The number of phenolic OH excluding ortho intramolecular Hbond substituents is 1. The van der Waals surface area contributed by atoms with Gasteiger partial charge in [-0.25, -0.2) is 9.18 Å². The van der Waals surface area contributed by atoms with Crippen LogP contribution in [0.2, 0.25) is 0 Å². The van der Waals surface area contributed by atoms with Crippen LogP contribution in [0.5, 0.6) is 11.5 Å². The van der Waals surface area contributed by atoms with Gasteiger partial charge in [-0.1, -0.05) is 26.0 Å². The number of anilines is 4. The van der Waals surface area contributed by atoms with E-state index in [2.05, 4.69) is 15.4 Å². The van der Waals surface area contributed by atoms with Crippen LogP contribution in [0.1, 0.15) is 32.3 Å². The number of nitrogens with one attached hydrogen (secondary N) is 2. The molecule has 2 amide bonds. The fourth-order valence-corrected chi connectivity index (χ4v) is 4.64. The molecule has 0 saturated heterocycles. The highest BCUT2D eigenvalue weighted by Gasteiger charge is 2.43. The smallest absolute Gasteiger partial charge is 0.506 e. The summed E-state index contributed by atoms with van der Waals surface area (Å²) in [6.45, 7) is 4.51. The molecule has 3 aromatic carbocycles. The fraction of sp³-hybridized carbons (Fsp3) is 0.269. The lowest BCUT2D eigenvalue weighted by Crippen LogP contribution is -2.31. The summed E-state index contributed by atoms with van der Waals surface area (Å²) in [5.74, 6) is -1.11. The van der Waals surface area contributed by atoms with Gasteiger partial charge in [0.2, 0.25) is 0 Å². The molecule has 190 valence electrons. The number of rotatable bonds is 6. The second-order valence-corrected chi connectivity index (χ2v) is 8.56. The number of ether oxygens (including phenoxy) is 1.